The molecule has 4 nitrogen and oxygen atoms in total. The van der Waals surface area contributed by atoms with E-state index in [0.29, 0.717) is 0 Å². The van der Waals surface area contributed by atoms with Gasteiger partial charge >= 0.3 is 0 Å². The van der Waals surface area contributed by atoms with Crippen molar-refractivity contribution in [2.45, 2.75) is 10.8 Å². The highest BCUT2D eigenvalue weighted by atomic mass is 16.5. The topological polar surface area (TPSA) is 24.9 Å². The van der Waals surface area contributed by atoms with E-state index in [4.69, 9.17) is 9.47 Å². The maximum absolute atomic E-state index is 6.49. The Morgan fingerprint density at radius 1 is 0.225 bits per heavy atom. The molecule has 2 heterocycles. The predicted molar refractivity (Wildman–Crippen MR) is 326 cm³/mol. The quantitative estimate of drug-likeness (QED) is 0.166. The number of hydrogen-bond donors (Lipinski definition) is 0. The summed E-state index contributed by atoms with van der Waals surface area (Å²) in [4.78, 5) is 4.69. The van der Waals surface area contributed by atoms with Gasteiger partial charge in [-0.1, -0.05) is 188 Å². The molecule has 17 rings (SSSR count). The van der Waals surface area contributed by atoms with Crippen molar-refractivity contribution < 1.29 is 9.47 Å². The van der Waals surface area contributed by atoms with Gasteiger partial charge in [0, 0.05) is 11.4 Å². The third-order valence-corrected chi connectivity index (χ3v) is 17.5. The van der Waals surface area contributed by atoms with Crippen molar-refractivity contribution >= 4 is 55.7 Å². The second kappa shape index (κ2) is 17.0. The molecule has 2 aliphatic carbocycles. The van der Waals surface area contributed by atoms with Gasteiger partial charge in [0.15, 0.2) is 23.0 Å². The van der Waals surface area contributed by atoms with Gasteiger partial charge in [0.1, 0.15) is 0 Å². The maximum Gasteiger partial charge on any atom is 0.151 e. The lowest BCUT2D eigenvalue weighted by atomic mass is 9.64. The lowest BCUT2D eigenvalue weighted by molar-refractivity contribution is 0.477. The Morgan fingerprint density at radius 2 is 0.512 bits per heavy atom. The van der Waals surface area contributed by atoms with E-state index in [0.717, 1.165) is 57.1 Å². The fourth-order valence-corrected chi connectivity index (χ4v) is 14.2. The summed E-state index contributed by atoms with van der Waals surface area (Å²) in [5.74, 6) is 3.34. The monoisotopic (exact) mass is 1020 g/mol. The zero-order valence-corrected chi connectivity index (χ0v) is 43.4. The minimum atomic E-state index is -0.692. The Kier molecular flexibility index (Phi) is 9.52. The molecule has 80 heavy (non-hydrogen) atoms. The van der Waals surface area contributed by atoms with E-state index in [1.54, 1.807) is 0 Å². The average molecular weight is 1020 g/mol. The summed E-state index contributed by atoms with van der Waals surface area (Å²) in [5.41, 5.74) is 19.8. The van der Waals surface area contributed by atoms with Crippen LogP contribution >= 0.6 is 0 Å². The van der Waals surface area contributed by atoms with E-state index in [1.165, 1.54) is 88.3 Å². The second-order valence-corrected chi connectivity index (χ2v) is 21.5. The molecule has 13 aromatic carbocycles. The van der Waals surface area contributed by atoms with Gasteiger partial charge in [-0.2, -0.15) is 0 Å². The van der Waals surface area contributed by atoms with Crippen molar-refractivity contribution in [1.29, 1.82) is 0 Å². The summed E-state index contributed by atoms with van der Waals surface area (Å²) in [6, 6.07) is 107. The third kappa shape index (κ3) is 6.21. The first-order valence-corrected chi connectivity index (χ1v) is 27.6. The van der Waals surface area contributed by atoms with Crippen molar-refractivity contribution in [3.8, 4) is 45.3 Å². The molecule has 0 saturated heterocycles. The van der Waals surface area contributed by atoms with Gasteiger partial charge in [0.25, 0.3) is 0 Å². The molecule has 0 amide bonds. The zero-order chi connectivity index (χ0) is 52.5. The molecule has 0 N–H and O–H groups in total. The summed E-state index contributed by atoms with van der Waals surface area (Å²) in [6.45, 7) is 0. The number of benzene rings is 13. The van der Waals surface area contributed by atoms with Crippen LogP contribution in [0.4, 0.5) is 34.1 Å². The minimum Gasteiger partial charge on any atom is -0.453 e. The molecule has 2 aliphatic heterocycles. The van der Waals surface area contributed by atoms with Gasteiger partial charge in [-0.05, 0) is 191 Å². The van der Waals surface area contributed by atoms with Crippen LogP contribution in [-0.2, 0) is 10.8 Å². The Bertz CT molecular complexity index is 4210. The molecule has 0 radical (unpaired) electrons. The molecule has 0 aromatic heterocycles. The summed E-state index contributed by atoms with van der Waals surface area (Å²) in [6.07, 6.45) is 0. The molecule has 0 bridgehead atoms. The van der Waals surface area contributed by atoms with E-state index in [-0.39, 0.29) is 0 Å². The predicted octanol–water partition coefficient (Wildman–Crippen LogP) is 19.9. The van der Waals surface area contributed by atoms with Gasteiger partial charge < -0.3 is 19.3 Å². The SMILES string of the molecule is c1ccc(C2(c3ccccc3)c3cc4c(cc3-c3cc5ccc(N6c7ccccc7Oc7ccccc76)cc5cc32)-c2cc3ccc(N5c6ccccc6Oc6ccccc65)cc3cc2C4(c2ccccc2)c2ccccc2)cc1. The van der Waals surface area contributed by atoms with Crippen LogP contribution in [0.25, 0.3) is 43.8 Å². The van der Waals surface area contributed by atoms with Crippen LogP contribution in [0, 0.1) is 0 Å². The van der Waals surface area contributed by atoms with Crippen LogP contribution in [0.15, 0.2) is 291 Å². The van der Waals surface area contributed by atoms with Crippen LogP contribution in [0.2, 0.25) is 0 Å². The number of anilines is 6. The second-order valence-electron chi connectivity index (χ2n) is 21.5. The van der Waals surface area contributed by atoms with Crippen LogP contribution in [0.5, 0.6) is 23.0 Å². The van der Waals surface area contributed by atoms with E-state index >= 15 is 0 Å². The summed E-state index contributed by atoms with van der Waals surface area (Å²) in [7, 11) is 0. The zero-order valence-electron chi connectivity index (χ0n) is 43.4. The summed E-state index contributed by atoms with van der Waals surface area (Å²) in [5, 5.41) is 4.70. The van der Waals surface area contributed by atoms with Crippen molar-refractivity contribution in [3.63, 3.8) is 0 Å². The third-order valence-electron chi connectivity index (χ3n) is 17.5. The van der Waals surface area contributed by atoms with E-state index in [2.05, 4.69) is 277 Å². The maximum atomic E-state index is 6.49. The molecule has 0 unspecified atom stereocenters. The lowest BCUT2D eigenvalue weighted by Crippen LogP contribution is -2.31. The Balaban J connectivity index is 0.941. The van der Waals surface area contributed by atoms with Gasteiger partial charge in [-0.3, -0.25) is 0 Å². The normalized spacial score (nSPS) is 14.3. The smallest absolute Gasteiger partial charge is 0.151 e. The number of ether oxygens (including phenoxy) is 2. The molecule has 0 atom stereocenters. The number of para-hydroxylation sites is 8. The highest BCUT2D eigenvalue weighted by Crippen LogP contribution is 2.64. The number of fused-ring (bicyclic) bond motifs is 12. The largest absolute Gasteiger partial charge is 0.453 e. The molecule has 0 fully saturated rings. The molecular formula is C76H48N2O2. The van der Waals surface area contributed by atoms with E-state index < -0.39 is 10.8 Å². The fourth-order valence-electron chi connectivity index (χ4n) is 14.2. The molecule has 4 heteroatoms. The Morgan fingerprint density at radius 3 is 0.850 bits per heavy atom. The number of nitrogens with zero attached hydrogens (tertiary/aromatic N) is 2. The Hall–Kier alpha value is -10.4. The molecular weight excluding hydrogens is 973 g/mol. The molecule has 0 saturated carbocycles. The summed E-state index contributed by atoms with van der Waals surface area (Å²) < 4.78 is 13.0. The molecule has 4 aliphatic rings. The first-order chi connectivity index (χ1) is 39.6. The van der Waals surface area contributed by atoms with Gasteiger partial charge in [-0.15, -0.1) is 0 Å². The fraction of sp³-hybridized carbons (Fsp3) is 0.0263. The van der Waals surface area contributed by atoms with Gasteiger partial charge in [0.05, 0.1) is 33.6 Å². The minimum absolute atomic E-state index is 0.692. The van der Waals surface area contributed by atoms with Crippen molar-refractivity contribution in [3.05, 3.63) is 336 Å². The molecule has 374 valence electrons. The van der Waals surface area contributed by atoms with E-state index in [9.17, 15) is 0 Å². The van der Waals surface area contributed by atoms with Crippen LogP contribution in [-0.4, -0.2) is 0 Å². The first kappa shape index (κ1) is 44.7. The number of rotatable bonds is 6. The van der Waals surface area contributed by atoms with Crippen molar-refractivity contribution in [2.75, 3.05) is 9.80 Å². The van der Waals surface area contributed by atoms with E-state index in [1.807, 2.05) is 24.3 Å². The summed E-state index contributed by atoms with van der Waals surface area (Å²) >= 11 is 0. The van der Waals surface area contributed by atoms with Crippen molar-refractivity contribution in [2.24, 2.45) is 0 Å². The van der Waals surface area contributed by atoms with Gasteiger partial charge in [-0.25, -0.2) is 0 Å². The Labute approximate surface area is 464 Å². The first-order valence-electron chi connectivity index (χ1n) is 27.6. The molecule has 0 spiro atoms. The highest BCUT2D eigenvalue weighted by molar-refractivity contribution is 6.04. The van der Waals surface area contributed by atoms with Crippen LogP contribution < -0.4 is 19.3 Å². The van der Waals surface area contributed by atoms with Crippen molar-refractivity contribution in [1.82, 2.24) is 0 Å². The average Bonchev–Trinajstić information content (AvgIpc) is 3.98. The number of hydrogen-bond acceptors (Lipinski definition) is 4. The lowest BCUT2D eigenvalue weighted by Gasteiger charge is -2.37. The standard InChI is InChI=1S/C76H48N2O2/c1-5-21-53(22-6-1)75(54-23-7-2-8-24-54)63-45-51-41-57(77-67-29-13-17-33-71(67)79-72-34-18-14-30-68(72)77)39-37-49(51)43-59(63)61-47-62-60-44-50-38-40-58(78-69-31-15-19-35-73(69)80-74-36-20-16-32-70(74)78)42-52(50)46-64(60)76(66(62)48-65(61)75,55-25-9-3-10-26-55)56-27-11-4-12-28-56/h1-48H. The van der Waals surface area contributed by atoms with Crippen LogP contribution in [0.3, 0.4) is 0 Å². The van der Waals surface area contributed by atoms with Gasteiger partial charge in [0.2, 0.25) is 0 Å². The highest BCUT2D eigenvalue weighted by Gasteiger charge is 2.52. The van der Waals surface area contributed by atoms with Crippen LogP contribution in [0.1, 0.15) is 44.5 Å². The molecule has 13 aromatic rings.